The Morgan fingerprint density at radius 1 is 0.947 bits per heavy atom. The number of unbranched alkanes of at least 4 members (excludes halogenated alkanes) is 2. The van der Waals surface area contributed by atoms with E-state index < -0.39 is 16.1 Å². The van der Waals surface area contributed by atoms with Crippen molar-refractivity contribution in [1.82, 2.24) is 0 Å². The van der Waals surface area contributed by atoms with E-state index in [0.29, 0.717) is 56.3 Å². The zero-order valence-electron chi connectivity index (χ0n) is 22.6. The summed E-state index contributed by atoms with van der Waals surface area (Å²) in [5.41, 5.74) is 1.86. The normalized spacial score (nSPS) is 12.4. The number of aliphatic carboxylic acids is 1. The second kappa shape index (κ2) is 16.7. The molecule has 0 amide bonds. The van der Waals surface area contributed by atoms with Crippen molar-refractivity contribution in [1.29, 1.82) is 0 Å². The fourth-order valence-corrected chi connectivity index (χ4v) is 4.71. The van der Waals surface area contributed by atoms with Gasteiger partial charge in [0.1, 0.15) is 5.75 Å². The molecule has 0 aromatic heterocycles. The van der Waals surface area contributed by atoms with Crippen LogP contribution in [0.1, 0.15) is 70.1 Å². The SMILES string of the molecule is CCCCOc1cc(C(CC=CC(=O)O)OCC)ccc1OCCc1ccc(OS(=O)(=O)CCCC)cc1. The minimum absolute atomic E-state index is 0.00485. The van der Waals surface area contributed by atoms with E-state index in [0.717, 1.165) is 36.5 Å². The smallest absolute Gasteiger partial charge is 0.327 e. The number of benzene rings is 2. The molecule has 0 saturated heterocycles. The molecule has 0 spiro atoms. The number of hydrogen-bond acceptors (Lipinski definition) is 7. The Labute approximate surface area is 226 Å². The average molecular weight is 549 g/mol. The number of carbonyl (C=O) groups is 1. The third-order valence-corrected chi connectivity index (χ3v) is 6.85. The maximum absolute atomic E-state index is 12.0. The number of rotatable bonds is 19. The molecule has 2 aromatic rings. The summed E-state index contributed by atoms with van der Waals surface area (Å²) in [5, 5.41) is 8.88. The van der Waals surface area contributed by atoms with Gasteiger partial charge in [0.05, 0.1) is 25.1 Å². The fourth-order valence-electron chi connectivity index (χ4n) is 3.58. The van der Waals surface area contributed by atoms with E-state index in [1.165, 1.54) is 0 Å². The Morgan fingerprint density at radius 2 is 1.66 bits per heavy atom. The number of hydrogen-bond donors (Lipinski definition) is 1. The topological polar surface area (TPSA) is 108 Å². The first-order valence-electron chi connectivity index (χ1n) is 13.2. The van der Waals surface area contributed by atoms with Crippen molar-refractivity contribution in [3.05, 3.63) is 65.7 Å². The van der Waals surface area contributed by atoms with Gasteiger partial charge in [0, 0.05) is 19.1 Å². The molecule has 0 aliphatic heterocycles. The molecule has 0 heterocycles. The Morgan fingerprint density at radius 3 is 2.32 bits per heavy atom. The van der Waals surface area contributed by atoms with Gasteiger partial charge in [-0.25, -0.2) is 4.79 Å². The Balaban J connectivity index is 2.05. The van der Waals surface area contributed by atoms with Crippen LogP contribution >= 0.6 is 0 Å². The largest absolute Gasteiger partial charge is 0.490 e. The van der Waals surface area contributed by atoms with Crippen LogP contribution in [0.4, 0.5) is 0 Å². The first-order valence-corrected chi connectivity index (χ1v) is 14.8. The highest BCUT2D eigenvalue weighted by molar-refractivity contribution is 7.87. The van der Waals surface area contributed by atoms with Crippen molar-refractivity contribution in [2.24, 2.45) is 0 Å². The highest BCUT2D eigenvalue weighted by Gasteiger charge is 2.15. The quantitative estimate of drug-likeness (QED) is 0.127. The van der Waals surface area contributed by atoms with Crippen LogP contribution in [0.5, 0.6) is 17.2 Å². The molecular weight excluding hydrogens is 508 g/mol. The summed E-state index contributed by atoms with van der Waals surface area (Å²) in [4.78, 5) is 10.8. The van der Waals surface area contributed by atoms with Crippen LogP contribution < -0.4 is 13.7 Å². The van der Waals surface area contributed by atoms with Gasteiger partial charge >= 0.3 is 16.1 Å². The summed E-state index contributed by atoms with van der Waals surface area (Å²) in [6.07, 6.45) is 6.69. The number of carboxylic acid groups (broad SMARTS) is 1. The molecule has 0 aliphatic rings. The van der Waals surface area contributed by atoms with Gasteiger partial charge in [0.25, 0.3) is 0 Å². The van der Waals surface area contributed by atoms with Gasteiger partial charge in [-0.05, 0) is 61.6 Å². The first-order chi connectivity index (χ1) is 18.3. The average Bonchev–Trinajstić information content (AvgIpc) is 2.88. The van der Waals surface area contributed by atoms with E-state index in [4.69, 9.17) is 23.5 Å². The van der Waals surface area contributed by atoms with Gasteiger partial charge < -0.3 is 23.5 Å². The summed E-state index contributed by atoms with van der Waals surface area (Å²) in [6.45, 7) is 7.36. The molecule has 8 nitrogen and oxygen atoms in total. The van der Waals surface area contributed by atoms with Crippen molar-refractivity contribution in [2.75, 3.05) is 25.6 Å². The molecular formula is C29H40O8S. The lowest BCUT2D eigenvalue weighted by Gasteiger charge is -2.19. The molecule has 2 aromatic carbocycles. The van der Waals surface area contributed by atoms with Crippen LogP contribution in [0.25, 0.3) is 0 Å². The van der Waals surface area contributed by atoms with E-state index in [9.17, 15) is 13.2 Å². The second-order valence-electron chi connectivity index (χ2n) is 8.77. The zero-order valence-corrected chi connectivity index (χ0v) is 23.4. The number of carboxylic acids is 1. The van der Waals surface area contributed by atoms with Crippen molar-refractivity contribution < 1.29 is 36.7 Å². The Hall–Kier alpha value is -3.04. The zero-order chi connectivity index (χ0) is 27.8. The second-order valence-corrected chi connectivity index (χ2v) is 10.5. The van der Waals surface area contributed by atoms with Crippen LogP contribution in [0.2, 0.25) is 0 Å². The molecule has 0 bridgehead atoms. The van der Waals surface area contributed by atoms with E-state index in [2.05, 4.69) is 6.92 Å². The molecule has 0 saturated carbocycles. The molecule has 9 heteroatoms. The van der Waals surface area contributed by atoms with Crippen LogP contribution in [0, 0.1) is 0 Å². The van der Waals surface area contributed by atoms with Gasteiger partial charge in [0.2, 0.25) is 0 Å². The third-order valence-electron chi connectivity index (χ3n) is 5.62. The molecule has 38 heavy (non-hydrogen) atoms. The monoisotopic (exact) mass is 548 g/mol. The molecule has 0 aliphatic carbocycles. The minimum Gasteiger partial charge on any atom is -0.490 e. The van der Waals surface area contributed by atoms with Gasteiger partial charge in [0.15, 0.2) is 11.5 Å². The summed E-state index contributed by atoms with van der Waals surface area (Å²) >= 11 is 0. The highest BCUT2D eigenvalue weighted by atomic mass is 32.2. The molecule has 0 radical (unpaired) electrons. The molecule has 1 unspecified atom stereocenters. The predicted molar refractivity (Wildman–Crippen MR) is 148 cm³/mol. The molecule has 1 N–H and O–H groups in total. The summed E-state index contributed by atoms with van der Waals surface area (Å²) < 4.78 is 47.0. The van der Waals surface area contributed by atoms with E-state index in [1.54, 1.807) is 18.2 Å². The maximum Gasteiger partial charge on any atom is 0.327 e. The van der Waals surface area contributed by atoms with Crippen LogP contribution in [0.15, 0.2) is 54.6 Å². The molecule has 0 fully saturated rings. The van der Waals surface area contributed by atoms with Gasteiger partial charge in [-0.15, -0.1) is 0 Å². The third kappa shape index (κ3) is 11.6. The standard InChI is InChI=1S/C29H40O8S/c1-4-7-19-35-28-22-24(26(34-6-3)10-9-11-29(30)31)14-17-27(28)36-20-18-23-12-15-25(16-13-23)37-38(32,33)21-8-5-2/h9,11-17,22,26H,4-8,10,18-21H2,1-3H3,(H,30,31). The van der Waals surface area contributed by atoms with Gasteiger partial charge in [-0.2, -0.15) is 8.42 Å². The lowest BCUT2D eigenvalue weighted by molar-refractivity contribution is -0.131. The van der Waals surface area contributed by atoms with Crippen molar-refractivity contribution >= 4 is 16.1 Å². The van der Waals surface area contributed by atoms with Crippen LogP contribution in [-0.4, -0.2) is 45.1 Å². The Kier molecular flexibility index (Phi) is 13.7. The van der Waals surface area contributed by atoms with Crippen molar-refractivity contribution in [3.63, 3.8) is 0 Å². The van der Waals surface area contributed by atoms with Crippen molar-refractivity contribution in [3.8, 4) is 17.2 Å². The van der Waals surface area contributed by atoms with Gasteiger partial charge in [-0.1, -0.05) is 51.0 Å². The van der Waals surface area contributed by atoms with E-state index in [-0.39, 0.29) is 11.9 Å². The minimum atomic E-state index is -3.58. The predicted octanol–water partition coefficient (Wildman–Crippen LogP) is 6.10. The maximum atomic E-state index is 12.0. The van der Waals surface area contributed by atoms with Crippen molar-refractivity contribution in [2.45, 2.75) is 65.4 Å². The summed E-state index contributed by atoms with van der Waals surface area (Å²) in [5.74, 6) is 0.541. The van der Waals surface area contributed by atoms with Crippen LogP contribution in [-0.2, 0) is 26.1 Å². The lowest BCUT2D eigenvalue weighted by Crippen LogP contribution is -2.13. The van der Waals surface area contributed by atoms with E-state index in [1.807, 2.05) is 44.2 Å². The Bertz CT molecular complexity index is 1110. The molecule has 2 rings (SSSR count). The van der Waals surface area contributed by atoms with E-state index >= 15 is 0 Å². The van der Waals surface area contributed by atoms with Gasteiger partial charge in [-0.3, -0.25) is 0 Å². The fraction of sp³-hybridized carbons (Fsp3) is 0.483. The summed E-state index contributed by atoms with van der Waals surface area (Å²) in [6, 6.07) is 12.6. The lowest BCUT2D eigenvalue weighted by atomic mass is 10.1. The first kappa shape index (κ1) is 31.2. The highest BCUT2D eigenvalue weighted by Crippen LogP contribution is 2.33. The van der Waals surface area contributed by atoms with Crippen LogP contribution in [0.3, 0.4) is 0 Å². The molecule has 1 atom stereocenters. The molecule has 210 valence electrons. The summed E-state index contributed by atoms with van der Waals surface area (Å²) in [7, 11) is -3.58. The number of ether oxygens (including phenoxy) is 3.